The van der Waals surface area contributed by atoms with Gasteiger partial charge in [0.2, 0.25) is 11.7 Å². The summed E-state index contributed by atoms with van der Waals surface area (Å²) in [6.45, 7) is 1.81. The second kappa shape index (κ2) is 7.19. The molecule has 5 nitrogen and oxygen atoms in total. The van der Waals surface area contributed by atoms with Crippen LogP contribution in [0.1, 0.15) is 29.9 Å². The zero-order chi connectivity index (χ0) is 18.0. The summed E-state index contributed by atoms with van der Waals surface area (Å²) in [5.74, 6) is 1.19. The second-order valence-electron chi connectivity index (χ2n) is 6.53. The van der Waals surface area contributed by atoms with E-state index in [1.807, 2.05) is 42.5 Å². The van der Waals surface area contributed by atoms with E-state index in [0.29, 0.717) is 36.5 Å². The van der Waals surface area contributed by atoms with Crippen molar-refractivity contribution < 1.29 is 9.26 Å². The second-order valence-corrected chi connectivity index (χ2v) is 6.97. The van der Waals surface area contributed by atoms with Crippen LogP contribution in [0.25, 0.3) is 11.4 Å². The summed E-state index contributed by atoms with van der Waals surface area (Å²) in [4.78, 5) is 4.73. The molecule has 2 N–H and O–H groups in total. The van der Waals surface area contributed by atoms with Gasteiger partial charge >= 0.3 is 0 Å². The zero-order valence-electron chi connectivity index (χ0n) is 14.3. The number of rotatable bonds is 4. The van der Waals surface area contributed by atoms with Gasteiger partial charge in [-0.25, -0.2) is 0 Å². The van der Waals surface area contributed by atoms with Crippen LogP contribution in [0.5, 0.6) is 0 Å². The van der Waals surface area contributed by atoms with Crippen molar-refractivity contribution in [2.75, 3.05) is 13.2 Å². The maximum absolute atomic E-state index is 6.24. The van der Waals surface area contributed by atoms with Gasteiger partial charge in [0.25, 0.3) is 0 Å². The Balaban J connectivity index is 1.74. The highest BCUT2D eigenvalue weighted by molar-refractivity contribution is 6.30. The van der Waals surface area contributed by atoms with Crippen LogP contribution in [0.3, 0.4) is 0 Å². The molecular weight excluding hydrogens is 350 g/mol. The molecule has 0 spiro atoms. The van der Waals surface area contributed by atoms with Crippen LogP contribution in [-0.2, 0) is 16.7 Å². The summed E-state index contributed by atoms with van der Waals surface area (Å²) in [5, 5.41) is 4.92. The predicted octanol–water partition coefficient (Wildman–Crippen LogP) is 3.95. The zero-order valence-corrected chi connectivity index (χ0v) is 15.1. The van der Waals surface area contributed by atoms with Gasteiger partial charge in [0.15, 0.2) is 0 Å². The molecule has 6 heteroatoms. The molecule has 2 aromatic carbocycles. The van der Waals surface area contributed by atoms with Gasteiger partial charge in [0.1, 0.15) is 0 Å². The van der Waals surface area contributed by atoms with E-state index in [-0.39, 0.29) is 5.41 Å². The highest BCUT2D eigenvalue weighted by Gasteiger charge is 2.41. The average Bonchev–Trinajstić information content (AvgIpc) is 3.19. The number of benzene rings is 2. The van der Waals surface area contributed by atoms with Crippen molar-refractivity contribution >= 4 is 11.6 Å². The molecule has 0 amide bonds. The quantitative estimate of drug-likeness (QED) is 0.753. The molecule has 0 saturated carbocycles. The van der Waals surface area contributed by atoms with Gasteiger partial charge in [-0.05, 0) is 36.1 Å². The highest BCUT2D eigenvalue weighted by Crippen LogP contribution is 2.41. The monoisotopic (exact) mass is 369 g/mol. The summed E-state index contributed by atoms with van der Waals surface area (Å²) in [6.07, 6.45) is 1.56. The van der Waals surface area contributed by atoms with Crippen LogP contribution < -0.4 is 5.73 Å². The van der Waals surface area contributed by atoms with Crippen molar-refractivity contribution in [1.82, 2.24) is 10.1 Å². The molecule has 1 saturated heterocycles. The molecule has 134 valence electrons. The SMILES string of the molecule is NCc1ccc(-c2noc(C3(c4cccc(Cl)c4)CCOCC3)n2)cc1. The molecule has 0 unspecified atom stereocenters. The van der Waals surface area contributed by atoms with E-state index < -0.39 is 0 Å². The molecule has 0 aliphatic carbocycles. The van der Waals surface area contributed by atoms with Crippen molar-refractivity contribution in [1.29, 1.82) is 0 Å². The van der Waals surface area contributed by atoms with Crippen molar-refractivity contribution in [2.45, 2.75) is 24.8 Å². The van der Waals surface area contributed by atoms with E-state index in [1.54, 1.807) is 0 Å². The standard InChI is InChI=1S/C20H20ClN3O2/c21-17-3-1-2-16(12-17)20(8-10-25-11-9-20)19-23-18(24-26-19)15-6-4-14(13-22)5-7-15/h1-7,12H,8-11,13,22H2. The Morgan fingerprint density at radius 2 is 1.85 bits per heavy atom. The van der Waals surface area contributed by atoms with Crippen LogP contribution in [-0.4, -0.2) is 23.4 Å². The van der Waals surface area contributed by atoms with Gasteiger partial charge in [-0.15, -0.1) is 0 Å². The summed E-state index contributed by atoms with van der Waals surface area (Å²) >= 11 is 6.24. The third kappa shape index (κ3) is 3.14. The third-order valence-electron chi connectivity index (χ3n) is 5.01. The summed E-state index contributed by atoms with van der Waals surface area (Å²) in [5.41, 5.74) is 8.35. The van der Waals surface area contributed by atoms with E-state index in [4.69, 9.17) is 31.6 Å². The summed E-state index contributed by atoms with van der Waals surface area (Å²) < 4.78 is 11.3. The maximum atomic E-state index is 6.24. The predicted molar refractivity (Wildman–Crippen MR) is 99.9 cm³/mol. The average molecular weight is 370 g/mol. The Bertz CT molecular complexity index is 886. The van der Waals surface area contributed by atoms with Crippen molar-refractivity contribution in [3.8, 4) is 11.4 Å². The number of aromatic nitrogens is 2. The van der Waals surface area contributed by atoms with Gasteiger partial charge in [0.05, 0.1) is 5.41 Å². The number of nitrogens with two attached hydrogens (primary N) is 1. The lowest BCUT2D eigenvalue weighted by molar-refractivity contribution is 0.0523. The van der Waals surface area contributed by atoms with Crippen LogP contribution in [0.4, 0.5) is 0 Å². The molecule has 1 aliphatic heterocycles. The van der Waals surface area contributed by atoms with E-state index in [1.165, 1.54) is 0 Å². The minimum absolute atomic E-state index is 0.369. The Morgan fingerprint density at radius 1 is 1.08 bits per heavy atom. The van der Waals surface area contributed by atoms with Gasteiger partial charge in [0, 0.05) is 30.3 Å². The molecule has 0 bridgehead atoms. The molecule has 2 heterocycles. The minimum Gasteiger partial charge on any atom is -0.381 e. The molecule has 1 aromatic heterocycles. The van der Waals surface area contributed by atoms with E-state index in [9.17, 15) is 0 Å². The Hall–Kier alpha value is -2.21. The lowest BCUT2D eigenvalue weighted by atomic mass is 9.74. The van der Waals surface area contributed by atoms with Crippen molar-refractivity contribution in [2.24, 2.45) is 5.73 Å². The first kappa shape index (κ1) is 17.2. The summed E-state index contributed by atoms with van der Waals surface area (Å²) in [6, 6.07) is 15.8. The first-order chi connectivity index (χ1) is 12.7. The maximum Gasteiger partial charge on any atom is 0.237 e. The number of ether oxygens (including phenoxy) is 1. The number of hydrogen-bond acceptors (Lipinski definition) is 5. The molecule has 0 radical (unpaired) electrons. The molecule has 26 heavy (non-hydrogen) atoms. The lowest BCUT2D eigenvalue weighted by Gasteiger charge is -2.34. The van der Waals surface area contributed by atoms with Crippen LogP contribution >= 0.6 is 11.6 Å². The normalized spacial score (nSPS) is 16.5. The number of nitrogens with zero attached hydrogens (tertiary/aromatic N) is 2. The van der Waals surface area contributed by atoms with Crippen LogP contribution in [0.2, 0.25) is 5.02 Å². The van der Waals surface area contributed by atoms with E-state index in [0.717, 1.165) is 29.5 Å². The van der Waals surface area contributed by atoms with Crippen LogP contribution in [0, 0.1) is 0 Å². The van der Waals surface area contributed by atoms with Gasteiger partial charge in [-0.2, -0.15) is 4.98 Å². The molecule has 3 aromatic rings. The number of hydrogen-bond donors (Lipinski definition) is 1. The molecule has 0 atom stereocenters. The fraction of sp³-hybridized carbons (Fsp3) is 0.300. The molecule has 1 aliphatic rings. The molecule has 1 fully saturated rings. The van der Waals surface area contributed by atoms with Gasteiger partial charge in [-0.3, -0.25) is 0 Å². The molecular formula is C20H20ClN3O2. The fourth-order valence-electron chi connectivity index (χ4n) is 3.46. The van der Waals surface area contributed by atoms with Crippen molar-refractivity contribution in [3.63, 3.8) is 0 Å². The first-order valence-corrected chi connectivity index (χ1v) is 9.06. The van der Waals surface area contributed by atoms with Gasteiger partial charge in [-0.1, -0.05) is 53.2 Å². The lowest BCUT2D eigenvalue weighted by Crippen LogP contribution is -2.35. The molecule has 4 rings (SSSR count). The van der Waals surface area contributed by atoms with E-state index >= 15 is 0 Å². The largest absolute Gasteiger partial charge is 0.381 e. The summed E-state index contributed by atoms with van der Waals surface area (Å²) in [7, 11) is 0. The highest BCUT2D eigenvalue weighted by atomic mass is 35.5. The Morgan fingerprint density at radius 3 is 2.54 bits per heavy atom. The van der Waals surface area contributed by atoms with Gasteiger partial charge < -0.3 is 15.0 Å². The minimum atomic E-state index is -0.369. The Labute approximate surface area is 157 Å². The first-order valence-electron chi connectivity index (χ1n) is 8.69. The van der Waals surface area contributed by atoms with E-state index in [2.05, 4.69) is 11.2 Å². The topological polar surface area (TPSA) is 74.2 Å². The fourth-order valence-corrected chi connectivity index (χ4v) is 3.65. The third-order valence-corrected chi connectivity index (χ3v) is 5.24. The van der Waals surface area contributed by atoms with Crippen molar-refractivity contribution in [3.05, 3.63) is 70.6 Å². The Kier molecular flexibility index (Phi) is 4.76. The smallest absolute Gasteiger partial charge is 0.237 e. The number of halogens is 1. The van der Waals surface area contributed by atoms with Crippen LogP contribution in [0.15, 0.2) is 53.1 Å².